The smallest absolute Gasteiger partial charge is 0.257 e. The normalized spacial score (nSPS) is 15.8. The second kappa shape index (κ2) is 6.41. The minimum atomic E-state index is -0.452. The maximum absolute atomic E-state index is 12.8. The predicted molar refractivity (Wildman–Crippen MR) is 73.3 cm³/mol. The summed E-state index contributed by atoms with van der Waals surface area (Å²) in [5, 5.41) is 11.8. The molecule has 1 saturated carbocycles. The van der Waals surface area contributed by atoms with Crippen LogP contribution in [-0.2, 0) is 4.79 Å². The maximum Gasteiger partial charge on any atom is 0.257 e. The zero-order chi connectivity index (χ0) is 14.6. The fourth-order valence-corrected chi connectivity index (χ4v) is 2.22. The molecule has 0 aliphatic heterocycles. The van der Waals surface area contributed by atoms with Crippen LogP contribution in [0.15, 0.2) is 18.2 Å². The van der Waals surface area contributed by atoms with Gasteiger partial charge in [0.05, 0.1) is 5.02 Å². The quantitative estimate of drug-likeness (QED) is 0.811. The van der Waals surface area contributed by atoms with Gasteiger partial charge in [-0.25, -0.2) is 4.39 Å². The van der Waals surface area contributed by atoms with Gasteiger partial charge in [0.15, 0.2) is 6.61 Å². The summed E-state index contributed by atoms with van der Waals surface area (Å²) < 4.78 is 18.1. The van der Waals surface area contributed by atoms with Crippen molar-refractivity contribution in [1.82, 2.24) is 5.32 Å². The molecule has 1 fully saturated rings. The maximum atomic E-state index is 12.8. The summed E-state index contributed by atoms with van der Waals surface area (Å²) >= 11 is 5.79. The van der Waals surface area contributed by atoms with Crippen molar-refractivity contribution in [3.63, 3.8) is 0 Å². The van der Waals surface area contributed by atoms with Crippen molar-refractivity contribution in [2.24, 2.45) is 5.41 Å². The lowest BCUT2D eigenvalue weighted by Gasteiger charge is -2.15. The van der Waals surface area contributed by atoms with Gasteiger partial charge in [0.2, 0.25) is 0 Å². The Morgan fingerprint density at radius 1 is 1.50 bits per heavy atom. The zero-order valence-corrected chi connectivity index (χ0v) is 11.8. The predicted octanol–water partition coefficient (Wildman–Crippen LogP) is 2.14. The Labute approximate surface area is 121 Å². The molecule has 1 aromatic carbocycles. The van der Waals surface area contributed by atoms with Crippen molar-refractivity contribution in [1.29, 1.82) is 0 Å². The molecule has 20 heavy (non-hydrogen) atoms. The largest absolute Gasteiger partial charge is 0.482 e. The second-order valence-corrected chi connectivity index (χ2v) is 5.52. The molecule has 6 heteroatoms. The molecule has 110 valence electrons. The van der Waals surface area contributed by atoms with Crippen molar-refractivity contribution in [2.45, 2.75) is 19.3 Å². The Balaban J connectivity index is 1.75. The number of hydrogen-bond acceptors (Lipinski definition) is 3. The van der Waals surface area contributed by atoms with Gasteiger partial charge in [0, 0.05) is 13.2 Å². The molecule has 0 aromatic heterocycles. The van der Waals surface area contributed by atoms with Gasteiger partial charge in [-0.05, 0) is 42.9 Å². The summed E-state index contributed by atoms with van der Waals surface area (Å²) in [5.41, 5.74) is 0.0674. The van der Waals surface area contributed by atoms with Crippen LogP contribution in [0.5, 0.6) is 5.75 Å². The second-order valence-electron chi connectivity index (χ2n) is 5.11. The fourth-order valence-electron chi connectivity index (χ4n) is 2.00. The molecule has 2 rings (SSSR count). The lowest BCUT2D eigenvalue weighted by molar-refractivity contribution is -0.123. The highest BCUT2D eigenvalue weighted by molar-refractivity contribution is 6.32. The Morgan fingerprint density at radius 3 is 2.85 bits per heavy atom. The Kier molecular flexibility index (Phi) is 4.83. The van der Waals surface area contributed by atoms with Gasteiger partial charge in [-0.1, -0.05) is 11.6 Å². The number of aliphatic hydroxyl groups excluding tert-OH is 1. The molecule has 4 nitrogen and oxygen atoms in total. The molecule has 1 amide bonds. The van der Waals surface area contributed by atoms with E-state index >= 15 is 0 Å². The molecule has 0 spiro atoms. The highest BCUT2D eigenvalue weighted by Gasteiger charge is 2.41. The van der Waals surface area contributed by atoms with Crippen LogP contribution in [-0.4, -0.2) is 30.8 Å². The summed E-state index contributed by atoms with van der Waals surface area (Å²) in [6.45, 7) is 0.519. The van der Waals surface area contributed by atoms with E-state index in [1.807, 2.05) is 0 Å². The van der Waals surface area contributed by atoms with Crippen LogP contribution in [0.1, 0.15) is 19.3 Å². The highest BCUT2D eigenvalue weighted by Crippen LogP contribution is 2.47. The number of aliphatic hydroxyl groups is 1. The molecular weight excluding hydrogens is 285 g/mol. The first kappa shape index (κ1) is 15.1. The van der Waals surface area contributed by atoms with Crippen molar-refractivity contribution in [3.8, 4) is 5.75 Å². The zero-order valence-electron chi connectivity index (χ0n) is 11.0. The van der Waals surface area contributed by atoms with Gasteiger partial charge in [-0.3, -0.25) is 4.79 Å². The summed E-state index contributed by atoms with van der Waals surface area (Å²) in [6.07, 6.45) is 2.76. The van der Waals surface area contributed by atoms with Gasteiger partial charge in [0.25, 0.3) is 5.91 Å². The minimum absolute atomic E-state index is 0.0674. The topological polar surface area (TPSA) is 58.6 Å². The minimum Gasteiger partial charge on any atom is -0.482 e. The molecule has 1 aliphatic carbocycles. The number of carbonyl (C=O) groups excluding carboxylic acids is 1. The number of halogens is 2. The SMILES string of the molecule is O=C(COc1ccc(F)cc1Cl)NCC1(CCO)CC1. The van der Waals surface area contributed by atoms with Crippen LogP contribution in [0, 0.1) is 11.2 Å². The standard InChI is InChI=1S/C14H17ClFNO3/c15-11-7-10(16)1-2-12(11)20-8-13(19)17-9-14(3-4-14)5-6-18/h1-2,7,18H,3-6,8-9H2,(H,17,19). The average molecular weight is 302 g/mol. The van der Waals surface area contributed by atoms with Crippen molar-refractivity contribution in [2.75, 3.05) is 19.8 Å². The Bertz CT molecular complexity index is 491. The van der Waals surface area contributed by atoms with Crippen molar-refractivity contribution < 1.29 is 19.0 Å². The molecule has 0 unspecified atom stereocenters. The van der Waals surface area contributed by atoms with E-state index in [0.717, 1.165) is 18.9 Å². The van der Waals surface area contributed by atoms with Crippen LogP contribution in [0.25, 0.3) is 0 Å². The van der Waals surface area contributed by atoms with Crippen LogP contribution < -0.4 is 10.1 Å². The number of carbonyl (C=O) groups is 1. The molecule has 0 atom stereocenters. The first-order chi connectivity index (χ1) is 9.54. The summed E-state index contributed by atoms with van der Waals surface area (Å²) in [6, 6.07) is 3.74. The number of ether oxygens (including phenoxy) is 1. The fraction of sp³-hybridized carbons (Fsp3) is 0.500. The monoisotopic (exact) mass is 301 g/mol. The van der Waals surface area contributed by atoms with Crippen LogP contribution in [0.2, 0.25) is 5.02 Å². The van der Waals surface area contributed by atoms with Gasteiger partial charge in [-0.2, -0.15) is 0 Å². The Hall–Kier alpha value is -1.33. The summed E-state index contributed by atoms with van der Waals surface area (Å²) in [4.78, 5) is 11.7. The van der Waals surface area contributed by atoms with Gasteiger partial charge in [-0.15, -0.1) is 0 Å². The molecule has 1 aromatic rings. The van der Waals surface area contributed by atoms with E-state index in [0.29, 0.717) is 13.0 Å². The van der Waals surface area contributed by atoms with Crippen molar-refractivity contribution in [3.05, 3.63) is 29.0 Å². The van der Waals surface area contributed by atoms with Crippen LogP contribution >= 0.6 is 11.6 Å². The average Bonchev–Trinajstić information content (AvgIpc) is 3.16. The van der Waals surface area contributed by atoms with Crippen LogP contribution in [0.3, 0.4) is 0 Å². The van der Waals surface area contributed by atoms with E-state index in [4.69, 9.17) is 21.4 Å². The lowest BCUT2D eigenvalue weighted by atomic mass is 10.0. The first-order valence-electron chi connectivity index (χ1n) is 6.50. The molecule has 1 aliphatic rings. The third kappa shape index (κ3) is 4.08. The molecule has 0 radical (unpaired) electrons. The van der Waals surface area contributed by atoms with Gasteiger partial charge >= 0.3 is 0 Å². The van der Waals surface area contributed by atoms with Crippen molar-refractivity contribution >= 4 is 17.5 Å². The molecular formula is C14H17ClFNO3. The Morgan fingerprint density at radius 2 is 2.25 bits per heavy atom. The number of hydrogen-bond donors (Lipinski definition) is 2. The van der Waals surface area contributed by atoms with E-state index < -0.39 is 5.82 Å². The first-order valence-corrected chi connectivity index (χ1v) is 6.88. The van der Waals surface area contributed by atoms with E-state index in [2.05, 4.69) is 5.32 Å². The number of amides is 1. The van der Waals surface area contributed by atoms with Crippen LogP contribution in [0.4, 0.5) is 4.39 Å². The van der Waals surface area contributed by atoms with Gasteiger partial charge in [0.1, 0.15) is 11.6 Å². The van der Waals surface area contributed by atoms with E-state index in [1.165, 1.54) is 12.1 Å². The van der Waals surface area contributed by atoms with E-state index in [-0.39, 0.29) is 35.3 Å². The molecule has 0 bridgehead atoms. The summed E-state index contributed by atoms with van der Waals surface area (Å²) in [5.74, 6) is -0.430. The highest BCUT2D eigenvalue weighted by atomic mass is 35.5. The number of benzene rings is 1. The molecule has 0 saturated heterocycles. The molecule has 2 N–H and O–H groups in total. The van der Waals surface area contributed by atoms with Gasteiger partial charge < -0.3 is 15.2 Å². The van der Waals surface area contributed by atoms with E-state index in [9.17, 15) is 9.18 Å². The van der Waals surface area contributed by atoms with E-state index in [1.54, 1.807) is 0 Å². The number of rotatable bonds is 7. The molecule has 0 heterocycles. The lowest BCUT2D eigenvalue weighted by Crippen LogP contribution is -2.34. The third-order valence-electron chi connectivity index (χ3n) is 3.51. The summed E-state index contributed by atoms with van der Waals surface area (Å²) in [7, 11) is 0. The number of nitrogens with one attached hydrogen (secondary N) is 1. The third-order valence-corrected chi connectivity index (χ3v) is 3.81.